The minimum absolute atomic E-state index is 0.0164. The van der Waals surface area contributed by atoms with E-state index in [1.807, 2.05) is 37.3 Å². The Labute approximate surface area is 101 Å². The Morgan fingerprint density at radius 1 is 1.41 bits per heavy atom. The molecule has 0 aromatic heterocycles. The maximum Gasteiger partial charge on any atom is 0.225 e. The summed E-state index contributed by atoms with van der Waals surface area (Å²) in [6.07, 6.45) is 0.463. The van der Waals surface area contributed by atoms with Gasteiger partial charge in [0, 0.05) is 31.7 Å². The SMILES string of the molecule is CC1(O)CN(CCC(=O)Nc2ccccc2)C1. The van der Waals surface area contributed by atoms with Crippen LogP contribution in [0, 0.1) is 0 Å². The number of β-amino-alcohol motifs (C(OH)–C–C–N with tert-alkyl or cyclic N) is 1. The first-order valence-electron chi connectivity index (χ1n) is 5.85. The number of amides is 1. The van der Waals surface area contributed by atoms with Crippen LogP contribution < -0.4 is 5.32 Å². The molecule has 4 heteroatoms. The molecule has 0 bridgehead atoms. The van der Waals surface area contributed by atoms with E-state index in [1.54, 1.807) is 0 Å². The summed E-state index contributed by atoms with van der Waals surface area (Å²) in [4.78, 5) is 13.7. The number of hydrogen-bond acceptors (Lipinski definition) is 3. The first-order valence-corrected chi connectivity index (χ1v) is 5.85. The van der Waals surface area contributed by atoms with Gasteiger partial charge in [0.2, 0.25) is 5.91 Å². The average molecular weight is 234 g/mol. The van der Waals surface area contributed by atoms with Crippen LogP contribution in [-0.4, -0.2) is 41.1 Å². The van der Waals surface area contributed by atoms with Crippen LogP contribution in [0.3, 0.4) is 0 Å². The van der Waals surface area contributed by atoms with Crippen molar-refractivity contribution in [3.63, 3.8) is 0 Å². The molecule has 92 valence electrons. The van der Waals surface area contributed by atoms with Gasteiger partial charge in [0.15, 0.2) is 0 Å². The molecule has 2 rings (SSSR count). The highest BCUT2D eigenvalue weighted by Crippen LogP contribution is 2.19. The third kappa shape index (κ3) is 3.54. The third-order valence-electron chi connectivity index (χ3n) is 2.84. The quantitative estimate of drug-likeness (QED) is 0.819. The summed E-state index contributed by atoms with van der Waals surface area (Å²) in [5.74, 6) is 0.0164. The Bertz CT molecular complexity index is 382. The van der Waals surface area contributed by atoms with Gasteiger partial charge in [-0.1, -0.05) is 18.2 Å². The van der Waals surface area contributed by atoms with Crippen molar-refractivity contribution in [2.75, 3.05) is 25.0 Å². The van der Waals surface area contributed by atoms with Crippen molar-refractivity contribution in [1.29, 1.82) is 0 Å². The maximum atomic E-state index is 11.6. The van der Waals surface area contributed by atoms with Crippen molar-refractivity contribution in [1.82, 2.24) is 4.90 Å². The summed E-state index contributed by atoms with van der Waals surface area (Å²) in [7, 11) is 0. The topological polar surface area (TPSA) is 52.6 Å². The minimum atomic E-state index is -0.560. The lowest BCUT2D eigenvalue weighted by molar-refractivity contribution is -0.119. The zero-order valence-corrected chi connectivity index (χ0v) is 10.0. The molecular formula is C13H18N2O2. The lowest BCUT2D eigenvalue weighted by atomic mass is 9.97. The summed E-state index contributed by atoms with van der Waals surface area (Å²) in [5, 5.41) is 12.4. The molecule has 17 heavy (non-hydrogen) atoms. The molecule has 1 heterocycles. The highest BCUT2D eigenvalue weighted by Gasteiger charge is 2.35. The number of carbonyl (C=O) groups excluding carboxylic acids is 1. The first kappa shape index (κ1) is 12.1. The second-order valence-corrected chi connectivity index (χ2v) is 4.87. The van der Waals surface area contributed by atoms with Crippen LogP contribution in [0.1, 0.15) is 13.3 Å². The lowest BCUT2D eigenvalue weighted by Crippen LogP contribution is -2.60. The van der Waals surface area contributed by atoms with Crippen LogP contribution in [0.25, 0.3) is 0 Å². The number of para-hydroxylation sites is 1. The van der Waals surface area contributed by atoms with Crippen molar-refractivity contribution in [2.24, 2.45) is 0 Å². The predicted octanol–water partition coefficient (Wildman–Crippen LogP) is 1.08. The molecule has 1 aliphatic heterocycles. The first-order chi connectivity index (χ1) is 8.05. The number of nitrogens with one attached hydrogen (secondary N) is 1. The van der Waals surface area contributed by atoms with E-state index in [9.17, 15) is 9.90 Å². The van der Waals surface area contributed by atoms with Gasteiger partial charge in [0.05, 0.1) is 5.60 Å². The summed E-state index contributed by atoms with van der Waals surface area (Å²) >= 11 is 0. The zero-order chi connectivity index (χ0) is 12.3. The molecule has 4 nitrogen and oxygen atoms in total. The monoisotopic (exact) mass is 234 g/mol. The van der Waals surface area contributed by atoms with Gasteiger partial charge in [-0.15, -0.1) is 0 Å². The molecule has 1 aromatic carbocycles. The third-order valence-corrected chi connectivity index (χ3v) is 2.84. The van der Waals surface area contributed by atoms with E-state index in [0.717, 1.165) is 5.69 Å². The van der Waals surface area contributed by atoms with Crippen LogP contribution in [0.15, 0.2) is 30.3 Å². The summed E-state index contributed by atoms with van der Waals surface area (Å²) in [5.41, 5.74) is 0.267. The van der Waals surface area contributed by atoms with Gasteiger partial charge in [-0.25, -0.2) is 0 Å². The van der Waals surface area contributed by atoms with E-state index in [2.05, 4.69) is 10.2 Å². The fraction of sp³-hybridized carbons (Fsp3) is 0.462. The van der Waals surface area contributed by atoms with E-state index in [-0.39, 0.29) is 5.91 Å². The molecule has 0 spiro atoms. The second-order valence-electron chi connectivity index (χ2n) is 4.87. The smallest absolute Gasteiger partial charge is 0.225 e. The molecule has 0 aliphatic carbocycles. The predicted molar refractivity (Wildman–Crippen MR) is 66.8 cm³/mol. The molecule has 1 amide bonds. The number of carbonyl (C=O) groups is 1. The second kappa shape index (κ2) is 4.85. The van der Waals surface area contributed by atoms with E-state index in [0.29, 0.717) is 26.1 Å². The van der Waals surface area contributed by atoms with Crippen molar-refractivity contribution >= 4 is 11.6 Å². The largest absolute Gasteiger partial charge is 0.388 e. The molecule has 1 saturated heterocycles. The molecule has 2 N–H and O–H groups in total. The van der Waals surface area contributed by atoms with Crippen LogP contribution in [-0.2, 0) is 4.79 Å². The van der Waals surface area contributed by atoms with Gasteiger partial charge in [-0.2, -0.15) is 0 Å². The van der Waals surface area contributed by atoms with Crippen molar-refractivity contribution in [3.8, 4) is 0 Å². The fourth-order valence-corrected chi connectivity index (χ4v) is 2.08. The minimum Gasteiger partial charge on any atom is -0.388 e. The number of anilines is 1. The van der Waals surface area contributed by atoms with E-state index >= 15 is 0 Å². The summed E-state index contributed by atoms with van der Waals surface area (Å²) in [6, 6.07) is 9.43. The maximum absolute atomic E-state index is 11.6. The lowest BCUT2D eigenvalue weighted by Gasteiger charge is -2.44. The van der Waals surface area contributed by atoms with E-state index in [1.165, 1.54) is 0 Å². The molecular weight excluding hydrogens is 216 g/mol. The Hall–Kier alpha value is -1.39. The number of hydrogen-bond donors (Lipinski definition) is 2. The molecule has 1 aliphatic rings. The Kier molecular flexibility index (Phi) is 3.45. The Morgan fingerprint density at radius 2 is 2.06 bits per heavy atom. The van der Waals surface area contributed by atoms with Crippen LogP contribution in [0.5, 0.6) is 0 Å². The van der Waals surface area contributed by atoms with Gasteiger partial charge in [0.25, 0.3) is 0 Å². The van der Waals surface area contributed by atoms with Crippen molar-refractivity contribution in [3.05, 3.63) is 30.3 Å². The number of rotatable bonds is 4. The van der Waals surface area contributed by atoms with Crippen LogP contribution in [0.2, 0.25) is 0 Å². The highest BCUT2D eigenvalue weighted by molar-refractivity contribution is 5.90. The van der Waals surface area contributed by atoms with Crippen LogP contribution in [0.4, 0.5) is 5.69 Å². The number of likely N-dealkylation sites (tertiary alicyclic amines) is 1. The van der Waals surface area contributed by atoms with Gasteiger partial charge < -0.3 is 10.4 Å². The normalized spacial score (nSPS) is 18.5. The van der Waals surface area contributed by atoms with Gasteiger partial charge in [0.1, 0.15) is 0 Å². The number of benzene rings is 1. The number of nitrogens with zero attached hydrogens (tertiary/aromatic N) is 1. The van der Waals surface area contributed by atoms with Crippen molar-refractivity contribution < 1.29 is 9.90 Å². The summed E-state index contributed by atoms with van der Waals surface area (Å²) < 4.78 is 0. The van der Waals surface area contributed by atoms with E-state index < -0.39 is 5.60 Å². The molecule has 1 aromatic rings. The van der Waals surface area contributed by atoms with Crippen LogP contribution >= 0.6 is 0 Å². The highest BCUT2D eigenvalue weighted by atomic mass is 16.3. The van der Waals surface area contributed by atoms with Gasteiger partial charge in [-0.3, -0.25) is 9.69 Å². The van der Waals surface area contributed by atoms with E-state index in [4.69, 9.17) is 0 Å². The molecule has 1 fully saturated rings. The van der Waals surface area contributed by atoms with Gasteiger partial charge in [-0.05, 0) is 19.1 Å². The van der Waals surface area contributed by atoms with Crippen molar-refractivity contribution in [2.45, 2.75) is 18.9 Å². The molecule has 0 atom stereocenters. The summed E-state index contributed by atoms with van der Waals surface area (Å²) in [6.45, 7) is 3.83. The zero-order valence-electron chi connectivity index (χ0n) is 10.0. The Balaban J connectivity index is 1.69. The number of aliphatic hydroxyl groups is 1. The average Bonchev–Trinajstić information content (AvgIpc) is 2.25. The molecule has 0 saturated carbocycles. The molecule has 0 unspecified atom stereocenters. The molecule has 0 radical (unpaired) electrons. The standard InChI is InChI=1S/C13H18N2O2/c1-13(17)9-15(10-13)8-7-12(16)14-11-5-3-2-4-6-11/h2-6,17H,7-10H2,1H3,(H,14,16). The van der Waals surface area contributed by atoms with Gasteiger partial charge >= 0.3 is 0 Å². The Morgan fingerprint density at radius 3 is 2.65 bits per heavy atom. The fourth-order valence-electron chi connectivity index (χ4n) is 2.08.